The van der Waals surface area contributed by atoms with E-state index >= 15 is 0 Å². The number of benzene rings is 1. The van der Waals surface area contributed by atoms with Gasteiger partial charge in [-0.25, -0.2) is 4.59 Å². The highest BCUT2D eigenvalue weighted by Gasteiger charge is 2.37. The summed E-state index contributed by atoms with van der Waals surface area (Å²) in [6.07, 6.45) is 4.19. The lowest BCUT2D eigenvalue weighted by Crippen LogP contribution is -2.65. The van der Waals surface area contributed by atoms with Gasteiger partial charge in [-0.1, -0.05) is 30.3 Å². The molecular weight excluding hydrogens is 305 g/mol. The standard InChI is InChI=1S/C16H26N3.2ClH/c1-3-7-16(8-4-1)15-19(13-5-2-6-14-19)18-11-9-17-10-12-18;;/h1,3-4,7-8,17H,2,5-6,9-15H2;2*1H/q+1;;. The first-order valence-corrected chi connectivity index (χ1v) is 7.75. The van der Waals surface area contributed by atoms with Crippen LogP contribution in [-0.4, -0.2) is 48.9 Å². The minimum absolute atomic E-state index is 0. The predicted octanol–water partition coefficient (Wildman–Crippen LogP) is 2.85. The van der Waals surface area contributed by atoms with Gasteiger partial charge in [-0.15, -0.1) is 24.8 Å². The summed E-state index contributed by atoms with van der Waals surface area (Å²) in [7, 11) is 0. The molecule has 0 atom stereocenters. The number of hydrogen-bond donors (Lipinski definition) is 1. The Morgan fingerprint density at radius 2 is 1.52 bits per heavy atom. The maximum atomic E-state index is 3.48. The summed E-state index contributed by atoms with van der Waals surface area (Å²) in [6, 6.07) is 11.0. The topological polar surface area (TPSA) is 15.3 Å². The molecule has 0 spiro atoms. The van der Waals surface area contributed by atoms with E-state index in [2.05, 4.69) is 40.7 Å². The molecule has 5 heteroatoms. The van der Waals surface area contributed by atoms with Crippen LogP contribution in [0, 0.1) is 0 Å². The zero-order valence-corrected chi connectivity index (χ0v) is 14.3. The summed E-state index contributed by atoms with van der Waals surface area (Å²) in [4.78, 5) is 0. The number of rotatable bonds is 3. The van der Waals surface area contributed by atoms with Crippen LogP contribution in [0.1, 0.15) is 24.8 Å². The Bertz CT molecular complexity index is 388. The van der Waals surface area contributed by atoms with E-state index < -0.39 is 0 Å². The highest BCUT2D eigenvalue weighted by atomic mass is 35.5. The summed E-state index contributed by atoms with van der Waals surface area (Å²) >= 11 is 0. The number of hydrogen-bond acceptors (Lipinski definition) is 2. The zero-order chi connectivity index (χ0) is 13.0. The van der Waals surface area contributed by atoms with E-state index in [1.807, 2.05) is 0 Å². The van der Waals surface area contributed by atoms with Gasteiger partial charge < -0.3 is 5.32 Å². The molecule has 2 aliphatic heterocycles. The van der Waals surface area contributed by atoms with E-state index in [-0.39, 0.29) is 24.8 Å². The van der Waals surface area contributed by atoms with E-state index in [1.54, 1.807) is 0 Å². The van der Waals surface area contributed by atoms with Gasteiger partial charge in [-0.05, 0) is 19.3 Å². The van der Waals surface area contributed by atoms with Crippen LogP contribution >= 0.6 is 24.8 Å². The van der Waals surface area contributed by atoms with E-state index in [0.29, 0.717) is 0 Å². The first-order valence-electron chi connectivity index (χ1n) is 7.75. The molecule has 2 saturated heterocycles. The van der Waals surface area contributed by atoms with Crippen molar-refractivity contribution in [1.29, 1.82) is 0 Å². The second-order valence-corrected chi connectivity index (χ2v) is 5.95. The van der Waals surface area contributed by atoms with Crippen molar-refractivity contribution >= 4 is 24.8 Å². The van der Waals surface area contributed by atoms with Crippen LogP contribution in [0.25, 0.3) is 0 Å². The zero-order valence-electron chi connectivity index (χ0n) is 12.7. The van der Waals surface area contributed by atoms with Crippen molar-refractivity contribution < 1.29 is 4.59 Å². The van der Waals surface area contributed by atoms with E-state index in [1.165, 1.54) is 62.1 Å². The number of likely N-dealkylation sites (tertiary alicyclic amines) is 1. The number of piperidine rings is 1. The molecule has 0 bridgehead atoms. The molecule has 21 heavy (non-hydrogen) atoms. The fraction of sp³-hybridized carbons (Fsp3) is 0.625. The molecule has 2 aliphatic rings. The second-order valence-electron chi connectivity index (χ2n) is 5.95. The fourth-order valence-corrected chi connectivity index (χ4v) is 3.64. The van der Waals surface area contributed by atoms with Crippen molar-refractivity contribution in [3.8, 4) is 0 Å². The highest BCUT2D eigenvalue weighted by Crippen LogP contribution is 2.26. The predicted molar refractivity (Wildman–Crippen MR) is 92.9 cm³/mol. The lowest BCUT2D eigenvalue weighted by molar-refractivity contribution is -1.05. The third-order valence-corrected chi connectivity index (χ3v) is 4.66. The average Bonchev–Trinajstić information content (AvgIpc) is 2.50. The van der Waals surface area contributed by atoms with Crippen molar-refractivity contribution in [2.24, 2.45) is 0 Å². The van der Waals surface area contributed by atoms with Crippen LogP contribution in [0.15, 0.2) is 30.3 Å². The Balaban J connectivity index is 0.00000110. The van der Waals surface area contributed by atoms with Crippen LogP contribution in [0.4, 0.5) is 0 Å². The summed E-state index contributed by atoms with van der Waals surface area (Å²) in [5.41, 5.74) is 1.49. The van der Waals surface area contributed by atoms with Crippen molar-refractivity contribution in [1.82, 2.24) is 10.3 Å². The first kappa shape index (κ1) is 18.7. The van der Waals surface area contributed by atoms with Crippen LogP contribution in [0.2, 0.25) is 0 Å². The van der Waals surface area contributed by atoms with Gasteiger partial charge in [-0.3, -0.25) is 0 Å². The molecule has 1 aromatic rings. The minimum atomic E-state index is 0. The first-order chi connectivity index (χ1) is 9.39. The van der Waals surface area contributed by atoms with Crippen molar-refractivity contribution in [2.75, 3.05) is 39.3 Å². The summed E-state index contributed by atoms with van der Waals surface area (Å²) < 4.78 is 1.20. The molecule has 120 valence electrons. The molecular formula is C16H28Cl2N3+. The minimum Gasteiger partial charge on any atom is -0.314 e. The molecule has 2 heterocycles. The summed E-state index contributed by atoms with van der Waals surface area (Å²) in [5, 5.41) is 6.21. The molecule has 0 saturated carbocycles. The number of piperazine rings is 1. The highest BCUT2D eigenvalue weighted by molar-refractivity contribution is 5.85. The number of nitrogens with one attached hydrogen (secondary N) is 1. The Hall–Kier alpha value is -0.320. The smallest absolute Gasteiger partial charge is 0.122 e. The Labute approximate surface area is 141 Å². The Kier molecular flexibility index (Phi) is 7.99. The number of quaternary nitrogens is 1. The lowest BCUT2D eigenvalue weighted by Gasteiger charge is -2.49. The van der Waals surface area contributed by atoms with E-state index in [4.69, 9.17) is 0 Å². The molecule has 2 fully saturated rings. The SMILES string of the molecule is Cl.Cl.c1ccc(C[N+]2(N3CCNCC3)CCCCC2)cc1. The average molecular weight is 333 g/mol. The van der Waals surface area contributed by atoms with Crippen LogP contribution in [0.3, 0.4) is 0 Å². The summed E-state index contributed by atoms with van der Waals surface area (Å²) in [5.74, 6) is 0. The van der Waals surface area contributed by atoms with Crippen molar-refractivity contribution in [3.05, 3.63) is 35.9 Å². The van der Waals surface area contributed by atoms with E-state index in [9.17, 15) is 0 Å². The molecule has 3 rings (SSSR count). The van der Waals surface area contributed by atoms with Gasteiger partial charge in [-0.2, -0.15) is 5.01 Å². The number of nitrogens with zero attached hydrogens (tertiary/aromatic N) is 2. The monoisotopic (exact) mass is 332 g/mol. The molecule has 0 aliphatic carbocycles. The molecule has 1 aromatic carbocycles. The van der Waals surface area contributed by atoms with Gasteiger partial charge in [0.15, 0.2) is 0 Å². The fourth-order valence-electron chi connectivity index (χ4n) is 3.64. The molecule has 1 N–H and O–H groups in total. The van der Waals surface area contributed by atoms with Crippen LogP contribution in [0.5, 0.6) is 0 Å². The molecule has 0 aromatic heterocycles. The Morgan fingerprint density at radius 1 is 0.905 bits per heavy atom. The van der Waals surface area contributed by atoms with Gasteiger partial charge >= 0.3 is 0 Å². The molecule has 0 amide bonds. The van der Waals surface area contributed by atoms with Gasteiger partial charge in [0, 0.05) is 18.7 Å². The van der Waals surface area contributed by atoms with Crippen LogP contribution < -0.4 is 5.32 Å². The van der Waals surface area contributed by atoms with E-state index in [0.717, 1.165) is 13.1 Å². The summed E-state index contributed by atoms with van der Waals surface area (Å²) in [6.45, 7) is 8.54. The molecule has 0 radical (unpaired) electrons. The van der Waals surface area contributed by atoms with Gasteiger partial charge in [0.05, 0.1) is 26.2 Å². The molecule has 3 nitrogen and oxygen atoms in total. The largest absolute Gasteiger partial charge is 0.314 e. The molecule has 0 unspecified atom stereocenters. The van der Waals surface area contributed by atoms with Gasteiger partial charge in [0.1, 0.15) is 6.54 Å². The third-order valence-electron chi connectivity index (χ3n) is 4.66. The lowest BCUT2D eigenvalue weighted by atomic mass is 10.1. The normalized spacial score (nSPS) is 21.9. The van der Waals surface area contributed by atoms with Gasteiger partial charge in [0.2, 0.25) is 0 Å². The van der Waals surface area contributed by atoms with Crippen molar-refractivity contribution in [2.45, 2.75) is 25.8 Å². The Morgan fingerprint density at radius 3 is 2.14 bits per heavy atom. The second kappa shape index (κ2) is 8.96. The van der Waals surface area contributed by atoms with Gasteiger partial charge in [0.25, 0.3) is 0 Å². The van der Waals surface area contributed by atoms with Crippen LogP contribution in [-0.2, 0) is 6.54 Å². The maximum absolute atomic E-state index is 3.48. The quantitative estimate of drug-likeness (QED) is 0.856. The van der Waals surface area contributed by atoms with Crippen molar-refractivity contribution in [3.63, 3.8) is 0 Å². The maximum Gasteiger partial charge on any atom is 0.122 e. The number of halogens is 2. The third kappa shape index (κ3) is 4.57.